The number of nitrogens with one attached hydrogen (secondary N) is 1. The van der Waals surface area contributed by atoms with Crippen LogP contribution in [0.1, 0.15) is 30.0 Å². The van der Waals surface area contributed by atoms with Crippen molar-refractivity contribution in [3.63, 3.8) is 0 Å². The Bertz CT molecular complexity index is 726. The Morgan fingerprint density at radius 2 is 2.12 bits per heavy atom. The van der Waals surface area contributed by atoms with Crippen molar-refractivity contribution in [1.29, 1.82) is 0 Å². The summed E-state index contributed by atoms with van der Waals surface area (Å²) in [5.74, 6) is 1.26. The van der Waals surface area contributed by atoms with Gasteiger partial charge in [0.25, 0.3) is 0 Å². The number of likely N-dealkylation sites (tertiary alicyclic amines) is 1. The number of rotatable bonds is 4. The van der Waals surface area contributed by atoms with Gasteiger partial charge >= 0.3 is 0 Å². The van der Waals surface area contributed by atoms with Gasteiger partial charge in [-0.05, 0) is 31.0 Å². The number of benzene rings is 1. The molecule has 0 bridgehead atoms. The van der Waals surface area contributed by atoms with E-state index in [0.29, 0.717) is 24.3 Å². The molecule has 3 heterocycles. The molecule has 2 fully saturated rings. The van der Waals surface area contributed by atoms with E-state index in [0.717, 1.165) is 38.2 Å². The summed E-state index contributed by atoms with van der Waals surface area (Å²) >= 11 is 0. The van der Waals surface area contributed by atoms with Crippen molar-refractivity contribution in [1.82, 2.24) is 20.0 Å². The lowest BCUT2D eigenvalue weighted by Gasteiger charge is -2.33. The largest absolute Gasteiger partial charge is 0.339 e. The predicted molar refractivity (Wildman–Crippen MR) is 97.2 cm³/mol. The fourth-order valence-electron chi connectivity index (χ4n) is 4.51. The monoisotopic (exact) mass is 338 g/mol. The quantitative estimate of drug-likeness (QED) is 0.927. The molecule has 0 unspecified atom stereocenters. The summed E-state index contributed by atoms with van der Waals surface area (Å²) in [7, 11) is 1.93. The first kappa shape index (κ1) is 16.3. The van der Waals surface area contributed by atoms with Gasteiger partial charge in [0.2, 0.25) is 5.91 Å². The van der Waals surface area contributed by atoms with Gasteiger partial charge in [-0.3, -0.25) is 9.48 Å². The molecule has 5 nitrogen and oxygen atoms in total. The minimum atomic E-state index is 0.288. The second-order valence-corrected chi connectivity index (χ2v) is 7.23. The first-order valence-corrected chi connectivity index (χ1v) is 9.26. The predicted octanol–water partition coefficient (Wildman–Crippen LogP) is 1.96. The second kappa shape index (κ2) is 7.00. The minimum absolute atomic E-state index is 0.288. The normalized spacial score (nSPS) is 25.8. The topological polar surface area (TPSA) is 50.2 Å². The highest BCUT2D eigenvalue weighted by atomic mass is 16.2. The summed E-state index contributed by atoms with van der Waals surface area (Å²) in [4.78, 5) is 15.1. The average Bonchev–Trinajstić information content (AvgIpc) is 3.24. The number of carbonyl (C=O) groups excluding carboxylic acids is 1. The van der Waals surface area contributed by atoms with E-state index in [1.807, 2.05) is 17.8 Å². The van der Waals surface area contributed by atoms with Crippen molar-refractivity contribution >= 4 is 5.91 Å². The van der Waals surface area contributed by atoms with E-state index in [1.165, 1.54) is 5.56 Å². The first-order chi connectivity index (χ1) is 12.2. The molecule has 1 aromatic heterocycles. The molecule has 0 radical (unpaired) electrons. The Morgan fingerprint density at radius 1 is 1.28 bits per heavy atom. The van der Waals surface area contributed by atoms with Crippen molar-refractivity contribution in [2.24, 2.45) is 13.0 Å². The van der Waals surface area contributed by atoms with Crippen molar-refractivity contribution in [3.8, 4) is 0 Å². The molecule has 4 rings (SSSR count). The number of nitrogens with zero attached hydrogens (tertiary/aromatic N) is 3. The molecule has 0 aliphatic carbocycles. The fourth-order valence-corrected chi connectivity index (χ4v) is 4.51. The number of hydrogen-bond acceptors (Lipinski definition) is 3. The molecular formula is C20H26N4O. The van der Waals surface area contributed by atoms with Crippen LogP contribution in [0.4, 0.5) is 0 Å². The lowest BCUT2D eigenvalue weighted by molar-refractivity contribution is -0.132. The fraction of sp³-hybridized carbons (Fsp3) is 0.500. The summed E-state index contributed by atoms with van der Waals surface area (Å²) in [5, 5.41) is 7.72. The average molecular weight is 338 g/mol. The summed E-state index contributed by atoms with van der Waals surface area (Å²) in [5.41, 5.74) is 2.48. The molecule has 1 amide bonds. The summed E-state index contributed by atoms with van der Waals surface area (Å²) in [6, 6.07) is 13.1. The molecular weight excluding hydrogens is 312 g/mol. The van der Waals surface area contributed by atoms with Crippen LogP contribution >= 0.6 is 0 Å². The number of hydrogen-bond donors (Lipinski definition) is 1. The van der Waals surface area contributed by atoms with Gasteiger partial charge < -0.3 is 10.2 Å². The molecule has 2 saturated heterocycles. The summed E-state index contributed by atoms with van der Waals surface area (Å²) in [6.45, 7) is 2.87. The van der Waals surface area contributed by atoms with Gasteiger partial charge in [-0.1, -0.05) is 30.3 Å². The van der Waals surface area contributed by atoms with Crippen LogP contribution in [0.3, 0.4) is 0 Å². The van der Waals surface area contributed by atoms with Gasteiger partial charge in [0, 0.05) is 56.3 Å². The Morgan fingerprint density at radius 3 is 2.88 bits per heavy atom. The highest BCUT2D eigenvalue weighted by Crippen LogP contribution is 2.40. The number of amides is 1. The van der Waals surface area contributed by atoms with E-state index < -0.39 is 0 Å². The molecule has 1 N–H and O–H groups in total. The number of aryl methyl sites for hydroxylation is 2. The lowest BCUT2D eigenvalue weighted by atomic mass is 9.82. The van der Waals surface area contributed by atoms with Gasteiger partial charge in [-0.25, -0.2) is 0 Å². The third-order valence-electron chi connectivity index (χ3n) is 5.87. The smallest absolute Gasteiger partial charge is 0.223 e. The lowest BCUT2D eigenvalue weighted by Crippen LogP contribution is -2.46. The molecule has 132 valence electrons. The molecule has 0 spiro atoms. The molecule has 2 aromatic rings. The maximum Gasteiger partial charge on any atom is 0.223 e. The molecule has 25 heavy (non-hydrogen) atoms. The van der Waals surface area contributed by atoms with Crippen molar-refractivity contribution in [2.45, 2.75) is 31.2 Å². The zero-order valence-corrected chi connectivity index (χ0v) is 14.8. The van der Waals surface area contributed by atoms with Crippen LogP contribution in [0, 0.1) is 5.92 Å². The molecule has 3 atom stereocenters. The number of piperidine rings is 1. The van der Waals surface area contributed by atoms with Gasteiger partial charge in [0.1, 0.15) is 0 Å². The van der Waals surface area contributed by atoms with Gasteiger partial charge in [-0.2, -0.15) is 5.10 Å². The Balaban J connectivity index is 1.49. The highest BCUT2D eigenvalue weighted by molar-refractivity contribution is 5.77. The van der Waals surface area contributed by atoms with Crippen LogP contribution in [0.5, 0.6) is 0 Å². The van der Waals surface area contributed by atoms with E-state index in [-0.39, 0.29) is 5.91 Å². The first-order valence-electron chi connectivity index (χ1n) is 9.26. The molecule has 2 aliphatic heterocycles. The molecule has 5 heteroatoms. The van der Waals surface area contributed by atoms with E-state index in [2.05, 4.69) is 45.6 Å². The zero-order valence-electron chi connectivity index (χ0n) is 14.8. The van der Waals surface area contributed by atoms with Crippen LogP contribution in [0.15, 0.2) is 42.6 Å². The van der Waals surface area contributed by atoms with Crippen LogP contribution in [-0.2, 0) is 18.3 Å². The molecule has 1 aromatic carbocycles. The second-order valence-electron chi connectivity index (χ2n) is 7.23. The highest BCUT2D eigenvalue weighted by Gasteiger charge is 2.44. The maximum absolute atomic E-state index is 13.0. The van der Waals surface area contributed by atoms with E-state index in [4.69, 9.17) is 0 Å². The summed E-state index contributed by atoms with van der Waals surface area (Å²) in [6.07, 6.45) is 4.19. The van der Waals surface area contributed by atoms with Crippen molar-refractivity contribution in [2.75, 3.05) is 19.6 Å². The third-order valence-corrected chi connectivity index (χ3v) is 5.87. The van der Waals surface area contributed by atoms with Crippen LogP contribution < -0.4 is 5.32 Å². The van der Waals surface area contributed by atoms with Crippen molar-refractivity contribution in [3.05, 3.63) is 53.9 Å². The Hall–Kier alpha value is -2.14. The Kier molecular flexibility index (Phi) is 4.57. The van der Waals surface area contributed by atoms with Crippen molar-refractivity contribution < 1.29 is 4.79 Å². The van der Waals surface area contributed by atoms with Crippen LogP contribution in [0.25, 0.3) is 0 Å². The van der Waals surface area contributed by atoms with E-state index >= 15 is 0 Å². The van der Waals surface area contributed by atoms with Gasteiger partial charge in [-0.15, -0.1) is 0 Å². The molecule has 0 saturated carbocycles. The molecule has 2 aliphatic rings. The van der Waals surface area contributed by atoms with Gasteiger partial charge in [0.05, 0.1) is 0 Å². The van der Waals surface area contributed by atoms with E-state index in [9.17, 15) is 4.79 Å². The number of aromatic nitrogens is 2. The summed E-state index contributed by atoms with van der Waals surface area (Å²) < 4.78 is 1.86. The zero-order chi connectivity index (χ0) is 17.2. The maximum atomic E-state index is 13.0. The number of fused-ring (bicyclic) bond motifs is 1. The number of carbonyl (C=O) groups is 1. The van der Waals surface area contributed by atoms with Gasteiger partial charge in [0.15, 0.2) is 0 Å². The minimum Gasteiger partial charge on any atom is -0.339 e. The van der Waals surface area contributed by atoms with E-state index in [1.54, 1.807) is 6.20 Å². The van der Waals surface area contributed by atoms with Crippen LogP contribution in [-0.4, -0.2) is 46.3 Å². The SMILES string of the molecule is Cn1nccc1CCC(=O)N1C[C@H](c2ccccc2)[C@H]2CNCC[C@H]21. The van der Waals surface area contributed by atoms with Crippen LogP contribution in [0.2, 0.25) is 0 Å². The third kappa shape index (κ3) is 3.21. The standard InChI is InChI=1S/C20H26N4O/c1-23-16(9-12-22-23)7-8-20(25)24-14-18(15-5-3-2-4-6-15)17-13-21-11-10-19(17)24/h2-6,9,12,17-19,21H,7-8,10-11,13-14H2,1H3/t17-,18-,19-/m1/s1. The Labute approximate surface area is 149 Å².